The van der Waals surface area contributed by atoms with Gasteiger partial charge >= 0.3 is 11.9 Å². The van der Waals surface area contributed by atoms with E-state index in [1.807, 2.05) is 30.3 Å². The third-order valence-electron chi connectivity index (χ3n) is 4.18. The molecule has 0 amide bonds. The van der Waals surface area contributed by atoms with Crippen LogP contribution in [0.1, 0.15) is 22.3 Å². The molecule has 0 spiro atoms. The monoisotopic (exact) mass is 355 g/mol. The summed E-state index contributed by atoms with van der Waals surface area (Å²) in [6, 6.07) is 16.0. The van der Waals surface area contributed by atoms with Gasteiger partial charge in [-0.3, -0.25) is 4.79 Å². The van der Waals surface area contributed by atoms with E-state index in [9.17, 15) is 9.59 Å². The molecule has 0 aromatic heterocycles. The molecule has 0 saturated carbocycles. The lowest BCUT2D eigenvalue weighted by atomic mass is 10.2. The first-order valence-electron chi connectivity index (χ1n) is 8.44. The second kappa shape index (κ2) is 8.49. The molecule has 0 bridgehead atoms. The summed E-state index contributed by atoms with van der Waals surface area (Å²) in [5.41, 5.74) is 1.40. The molecule has 2 aromatic carbocycles. The molecule has 1 aliphatic rings. The summed E-state index contributed by atoms with van der Waals surface area (Å²) in [5.74, 6) is -0.0248. The Morgan fingerprint density at radius 2 is 1.81 bits per heavy atom. The minimum absolute atomic E-state index is 0.116. The summed E-state index contributed by atoms with van der Waals surface area (Å²) in [5, 5.41) is 3.07. The van der Waals surface area contributed by atoms with E-state index in [1.165, 1.54) is 7.11 Å². The molecular weight excluding hydrogens is 334 g/mol. The molecule has 1 heterocycles. The molecule has 1 aliphatic heterocycles. The van der Waals surface area contributed by atoms with Crippen LogP contribution in [0.15, 0.2) is 54.6 Å². The van der Waals surface area contributed by atoms with Crippen LogP contribution in [0.4, 0.5) is 0 Å². The van der Waals surface area contributed by atoms with Crippen molar-refractivity contribution < 1.29 is 23.8 Å². The van der Waals surface area contributed by atoms with E-state index in [-0.39, 0.29) is 30.7 Å². The Hall–Kier alpha value is -2.86. The highest BCUT2D eigenvalue weighted by Gasteiger charge is 2.31. The predicted molar refractivity (Wildman–Crippen MR) is 94.8 cm³/mol. The fourth-order valence-corrected chi connectivity index (χ4v) is 2.78. The van der Waals surface area contributed by atoms with Crippen LogP contribution in [0.3, 0.4) is 0 Å². The summed E-state index contributed by atoms with van der Waals surface area (Å²) in [6.45, 7) is 0.807. The van der Waals surface area contributed by atoms with Crippen molar-refractivity contribution in [3.8, 4) is 5.75 Å². The van der Waals surface area contributed by atoms with E-state index >= 15 is 0 Å². The Morgan fingerprint density at radius 3 is 2.50 bits per heavy atom. The van der Waals surface area contributed by atoms with E-state index in [0.29, 0.717) is 24.3 Å². The highest BCUT2D eigenvalue weighted by atomic mass is 16.5. The second-order valence-corrected chi connectivity index (χ2v) is 6.05. The summed E-state index contributed by atoms with van der Waals surface area (Å²) in [7, 11) is 1.37. The molecular formula is C20H21NO5. The van der Waals surface area contributed by atoms with Crippen LogP contribution in [-0.4, -0.2) is 37.7 Å². The first kappa shape index (κ1) is 17.9. The summed E-state index contributed by atoms with van der Waals surface area (Å²) in [4.78, 5) is 23.6. The standard InChI is InChI=1S/C20H21NO5/c1-24-20(23)18-11-17(12-21-18)26-16-9-7-15(8-10-16)19(22)25-13-14-5-3-2-4-6-14/h2-10,17-18,21H,11-13H2,1H3/t17-,18-/m0/s1. The maximum Gasteiger partial charge on any atom is 0.338 e. The SMILES string of the molecule is COC(=O)[C@@H]1C[C@H](Oc2ccc(C(=O)OCc3ccccc3)cc2)CN1. The smallest absolute Gasteiger partial charge is 0.338 e. The number of rotatable bonds is 6. The summed E-state index contributed by atoms with van der Waals surface area (Å²) >= 11 is 0. The minimum Gasteiger partial charge on any atom is -0.489 e. The van der Waals surface area contributed by atoms with Crippen LogP contribution in [0, 0.1) is 0 Å². The molecule has 3 rings (SSSR count). The Balaban J connectivity index is 1.50. The molecule has 2 aromatic rings. The molecule has 1 saturated heterocycles. The summed E-state index contributed by atoms with van der Waals surface area (Å²) in [6.07, 6.45) is 0.433. The zero-order valence-corrected chi connectivity index (χ0v) is 14.5. The van der Waals surface area contributed by atoms with Crippen LogP contribution in [0.25, 0.3) is 0 Å². The van der Waals surface area contributed by atoms with Gasteiger partial charge < -0.3 is 19.5 Å². The Morgan fingerprint density at radius 1 is 1.08 bits per heavy atom. The van der Waals surface area contributed by atoms with Gasteiger partial charge in [-0.15, -0.1) is 0 Å². The Bertz CT molecular complexity index is 745. The second-order valence-electron chi connectivity index (χ2n) is 6.05. The quantitative estimate of drug-likeness (QED) is 0.802. The molecule has 1 N–H and O–H groups in total. The molecule has 0 aliphatic carbocycles. The van der Waals surface area contributed by atoms with Gasteiger partial charge in [0.15, 0.2) is 0 Å². The number of esters is 2. The van der Waals surface area contributed by atoms with Crippen LogP contribution < -0.4 is 10.1 Å². The maximum absolute atomic E-state index is 12.1. The molecule has 0 unspecified atom stereocenters. The zero-order chi connectivity index (χ0) is 18.4. The zero-order valence-electron chi connectivity index (χ0n) is 14.5. The van der Waals surface area contributed by atoms with Crippen LogP contribution in [-0.2, 0) is 20.9 Å². The molecule has 6 nitrogen and oxygen atoms in total. The fourth-order valence-electron chi connectivity index (χ4n) is 2.78. The molecule has 2 atom stereocenters. The fraction of sp³-hybridized carbons (Fsp3) is 0.300. The van der Waals surface area contributed by atoms with Gasteiger partial charge in [-0.25, -0.2) is 4.79 Å². The third kappa shape index (κ3) is 4.61. The highest BCUT2D eigenvalue weighted by Crippen LogP contribution is 2.19. The van der Waals surface area contributed by atoms with Crippen molar-refractivity contribution >= 4 is 11.9 Å². The van der Waals surface area contributed by atoms with Gasteiger partial charge in [0, 0.05) is 13.0 Å². The van der Waals surface area contributed by atoms with E-state index < -0.39 is 0 Å². The number of hydrogen-bond donors (Lipinski definition) is 1. The van der Waals surface area contributed by atoms with E-state index in [0.717, 1.165) is 5.56 Å². The molecule has 26 heavy (non-hydrogen) atoms. The molecule has 6 heteroatoms. The lowest BCUT2D eigenvalue weighted by molar-refractivity contribution is -0.142. The van der Waals surface area contributed by atoms with Gasteiger partial charge in [0.25, 0.3) is 0 Å². The normalized spacial score (nSPS) is 19.0. The minimum atomic E-state index is -0.381. The van der Waals surface area contributed by atoms with Gasteiger partial charge in [-0.1, -0.05) is 30.3 Å². The molecule has 136 valence electrons. The van der Waals surface area contributed by atoms with Crippen molar-refractivity contribution in [3.63, 3.8) is 0 Å². The highest BCUT2D eigenvalue weighted by molar-refractivity contribution is 5.89. The number of carbonyl (C=O) groups excluding carboxylic acids is 2. The van der Waals surface area contributed by atoms with Crippen molar-refractivity contribution in [2.24, 2.45) is 0 Å². The third-order valence-corrected chi connectivity index (χ3v) is 4.18. The van der Waals surface area contributed by atoms with Gasteiger partial charge in [-0.05, 0) is 29.8 Å². The first-order chi connectivity index (χ1) is 12.7. The van der Waals surface area contributed by atoms with Crippen LogP contribution >= 0.6 is 0 Å². The first-order valence-corrected chi connectivity index (χ1v) is 8.44. The van der Waals surface area contributed by atoms with Gasteiger partial charge in [0.1, 0.15) is 24.5 Å². The number of methoxy groups -OCH3 is 1. The number of hydrogen-bond acceptors (Lipinski definition) is 6. The van der Waals surface area contributed by atoms with Gasteiger partial charge in [0.05, 0.1) is 12.7 Å². The van der Waals surface area contributed by atoms with Crippen molar-refractivity contribution in [2.45, 2.75) is 25.2 Å². The van der Waals surface area contributed by atoms with Crippen molar-refractivity contribution in [3.05, 3.63) is 65.7 Å². The molecule has 1 fully saturated rings. The largest absolute Gasteiger partial charge is 0.489 e. The van der Waals surface area contributed by atoms with E-state index in [4.69, 9.17) is 14.2 Å². The number of carbonyl (C=O) groups is 2. The van der Waals surface area contributed by atoms with E-state index in [1.54, 1.807) is 24.3 Å². The summed E-state index contributed by atoms with van der Waals surface area (Å²) < 4.78 is 15.9. The Labute approximate surface area is 152 Å². The lowest BCUT2D eigenvalue weighted by Gasteiger charge is -2.13. The maximum atomic E-state index is 12.1. The van der Waals surface area contributed by atoms with Crippen molar-refractivity contribution in [2.75, 3.05) is 13.7 Å². The van der Waals surface area contributed by atoms with Crippen LogP contribution in [0.5, 0.6) is 5.75 Å². The number of benzene rings is 2. The van der Waals surface area contributed by atoms with Crippen molar-refractivity contribution in [1.29, 1.82) is 0 Å². The lowest BCUT2D eigenvalue weighted by Crippen LogP contribution is -2.31. The average molecular weight is 355 g/mol. The molecule has 0 radical (unpaired) electrons. The van der Waals surface area contributed by atoms with E-state index in [2.05, 4.69) is 5.32 Å². The topological polar surface area (TPSA) is 73.9 Å². The van der Waals surface area contributed by atoms with Crippen molar-refractivity contribution in [1.82, 2.24) is 5.32 Å². The number of nitrogens with one attached hydrogen (secondary N) is 1. The average Bonchev–Trinajstić information content (AvgIpc) is 3.15. The Kier molecular flexibility index (Phi) is 5.86. The van der Waals surface area contributed by atoms with Gasteiger partial charge in [0.2, 0.25) is 0 Å². The predicted octanol–water partition coefficient (Wildman–Crippen LogP) is 2.33. The number of ether oxygens (including phenoxy) is 3. The van der Waals surface area contributed by atoms with Gasteiger partial charge in [-0.2, -0.15) is 0 Å². The van der Waals surface area contributed by atoms with Crippen LogP contribution in [0.2, 0.25) is 0 Å².